The van der Waals surface area contributed by atoms with Gasteiger partial charge in [-0.3, -0.25) is 9.69 Å². The van der Waals surface area contributed by atoms with Crippen LogP contribution in [0, 0.1) is 0 Å². The molecule has 0 radical (unpaired) electrons. The number of anilines is 2. The Labute approximate surface area is 239 Å². The van der Waals surface area contributed by atoms with E-state index >= 15 is 0 Å². The van der Waals surface area contributed by atoms with E-state index in [4.69, 9.17) is 9.84 Å². The molecule has 5 rings (SSSR count). The largest absolute Gasteiger partial charge is 0.395 e. The quantitative estimate of drug-likeness (QED) is 0.193. The van der Waals surface area contributed by atoms with Gasteiger partial charge in [0.05, 0.1) is 43.8 Å². The van der Waals surface area contributed by atoms with E-state index in [9.17, 15) is 4.79 Å². The summed E-state index contributed by atoms with van der Waals surface area (Å²) in [5.41, 5.74) is 4.52. The number of nitrogens with zero attached hydrogens (tertiary/aromatic N) is 5. The molecule has 1 aliphatic rings. The zero-order valence-corrected chi connectivity index (χ0v) is 22.7. The summed E-state index contributed by atoms with van der Waals surface area (Å²) in [5, 5.41) is 35.0. The van der Waals surface area contributed by atoms with Crippen LogP contribution >= 0.6 is 0 Å². The smallest absolute Gasteiger partial charge is 0.239 e. The van der Waals surface area contributed by atoms with Gasteiger partial charge in [0, 0.05) is 37.3 Å². The SMILES string of the molecule is O=C(CN1CCOCC1c1ccc(-c2ccc(NCCNCCO)nn2)cc1)Nc1ccc(-c2ccccc2)nn1. The van der Waals surface area contributed by atoms with Gasteiger partial charge in [0.15, 0.2) is 5.82 Å². The summed E-state index contributed by atoms with van der Waals surface area (Å²) in [6, 6.07) is 25.3. The molecule has 11 nitrogen and oxygen atoms in total. The van der Waals surface area contributed by atoms with Gasteiger partial charge in [-0.2, -0.15) is 0 Å². The molecule has 1 aliphatic heterocycles. The molecule has 2 aromatic carbocycles. The Morgan fingerprint density at radius 1 is 0.829 bits per heavy atom. The topological polar surface area (TPSA) is 137 Å². The fourth-order valence-electron chi connectivity index (χ4n) is 4.60. The number of carbonyl (C=O) groups is 1. The number of nitrogens with one attached hydrogen (secondary N) is 3. The zero-order chi connectivity index (χ0) is 28.3. The second kappa shape index (κ2) is 14.4. The van der Waals surface area contributed by atoms with Crippen LogP contribution in [0.2, 0.25) is 0 Å². The number of ether oxygens (including phenoxy) is 1. The number of rotatable bonds is 12. The number of hydrogen-bond acceptors (Lipinski definition) is 10. The maximum atomic E-state index is 12.9. The molecule has 0 bridgehead atoms. The van der Waals surface area contributed by atoms with Gasteiger partial charge in [-0.05, 0) is 29.8 Å². The van der Waals surface area contributed by atoms with E-state index in [1.807, 2.05) is 72.8 Å². The van der Waals surface area contributed by atoms with E-state index in [2.05, 4.69) is 41.2 Å². The molecule has 2 aromatic heterocycles. The van der Waals surface area contributed by atoms with Gasteiger partial charge in [0.25, 0.3) is 0 Å². The van der Waals surface area contributed by atoms with Crippen LogP contribution < -0.4 is 16.0 Å². The van der Waals surface area contributed by atoms with Crippen LogP contribution in [-0.2, 0) is 9.53 Å². The Kier molecular flexibility index (Phi) is 9.90. The lowest BCUT2D eigenvalue weighted by Crippen LogP contribution is -2.43. The van der Waals surface area contributed by atoms with Crippen molar-refractivity contribution in [2.75, 3.05) is 63.2 Å². The fourth-order valence-corrected chi connectivity index (χ4v) is 4.60. The normalized spacial score (nSPS) is 15.4. The highest BCUT2D eigenvalue weighted by atomic mass is 16.5. The molecule has 11 heteroatoms. The van der Waals surface area contributed by atoms with Gasteiger partial charge in [0.1, 0.15) is 5.82 Å². The lowest BCUT2D eigenvalue weighted by atomic mass is 10.0. The number of benzene rings is 2. The minimum absolute atomic E-state index is 0.0489. The van der Waals surface area contributed by atoms with Gasteiger partial charge >= 0.3 is 0 Å². The molecule has 0 spiro atoms. The predicted octanol–water partition coefficient (Wildman–Crippen LogP) is 2.61. The van der Waals surface area contributed by atoms with Crippen LogP contribution in [0.15, 0.2) is 78.9 Å². The maximum absolute atomic E-state index is 12.9. The first-order valence-corrected chi connectivity index (χ1v) is 13.7. The van der Waals surface area contributed by atoms with Gasteiger partial charge in [-0.15, -0.1) is 20.4 Å². The second-order valence-corrected chi connectivity index (χ2v) is 9.61. The summed E-state index contributed by atoms with van der Waals surface area (Å²) in [6.07, 6.45) is 0. The van der Waals surface area contributed by atoms with E-state index in [0.717, 1.165) is 34.6 Å². The number of carbonyl (C=O) groups excluding carboxylic acids is 1. The first-order chi connectivity index (χ1) is 20.2. The highest BCUT2D eigenvalue weighted by Gasteiger charge is 2.26. The van der Waals surface area contributed by atoms with E-state index in [1.54, 1.807) is 6.07 Å². The third-order valence-corrected chi connectivity index (χ3v) is 6.74. The Morgan fingerprint density at radius 3 is 2.22 bits per heavy atom. The van der Waals surface area contributed by atoms with Crippen LogP contribution in [0.25, 0.3) is 22.5 Å². The van der Waals surface area contributed by atoms with Gasteiger partial charge < -0.3 is 25.8 Å². The molecule has 0 aliphatic carbocycles. The van der Waals surface area contributed by atoms with Crippen molar-refractivity contribution in [1.82, 2.24) is 30.6 Å². The minimum Gasteiger partial charge on any atom is -0.395 e. The van der Waals surface area contributed by atoms with Crippen molar-refractivity contribution in [3.63, 3.8) is 0 Å². The molecule has 41 heavy (non-hydrogen) atoms. The maximum Gasteiger partial charge on any atom is 0.239 e. The Morgan fingerprint density at radius 2 is 1.54 bits per heavy atom. The average molecular weight is 555 g/mol. The minimum atomic E-state index is -0.150. The highest BCUT2D eigenvalue weighted by molar-refractivity contribution is 5.91. The molecule has 1 fully saturated rings. The average Bonchev–Trinajstić information content (AvgIpc) is 3.02. The van der Waals surface area contributed by atoms with E-state index in [0.29, 0.717) is 44.5 Å². The molecule has 212 valence electrons. The third kappa shape index (κ3) is 7.89. The van der Waals surface area contributed by atoms with E-state index < -0.39 is 0 Å². The van der Waals surface area contributed by atoms with Crippen LogP contribution in [0.3, 0.4) is 0 Å². The van der Waals surface area contributed by atoms with Gasteiger partial charge in [0.2, 0.25) is 5.91 Å². The van der Waals surface area contributed by atoms with Crippen LogP contribution in [-0.4, -0.2) is 88.9 Å². The highest BCUT2D eigenvalue weighted by Crippen LogP contribution is 2.27. The summed E-state index contributed by atoms with van der Waals surface area (Å²) >= 11 is 0. The second-order valence-electron chi connectivity index (χ2n) is 9.61. The van der Waals surface area contributed by atoms with Crippen molar-refractivity contribution in [3.05, 3.63) is 84.4 Å². The molecule has 4 aromatic rings. The molecular weight excluding hydrogens is 520 g/mol. The lowest BCUT2D eigenvalue weighted by molar-refractivity contribution is -0.119. The fraction of sp³-hybridized carbons (Fsp3) is 0.300. The number of aliphatic hydroxyl groups is 1. The standard InChI is InChI=1S/C30H34N8O3/c39-18-16-31-14-15-32-28-12-10-26(34-36-28)23-6-8-24(9-7-23)27-21-41-19-17-38(27)20-30(40)33-29-13-11-25(35-37-29)22-4-2-1-3-5-22/h1-13,27,31,39H,14-21H2,(H,32,36)(H,33,37,40). The number of amides is 1. The summed E-state index contributed by atoms with van der Waals surface area (Å²) < 4.78 is 5.76. The molecule has 4 N–H and O–H groups in total. The molecule has 1 unspecified atom stereocenters. The summed E-state index contributed by atoms with van der Waals surface area (Å²) in [7, 11) is 0. The summed E-state index contributed by atoms with van der Waals surface area (Å²) in [6.45, 7) is 4.04. The molecule has 3 heterocycles. The molecule has 1 amide bonds. The predicted molar refractivity (Wildman–Crippen MR) is 157 cm³/mol. The van der Waals surface area contributed by atoms with E-state index in [-0.39, 0.29) is 25.1 Å². The Bertz CT molecular complexity index is 1370. The monoisotopic (exact) mass is 554 g/mol. The van der Waals surface area contributed by atoms with Gasteiger partial charge in [-0.25, -0.2) is 0 Å². The van der Waals surface area contributed by atoms with Crippen molar-refractivity contribution < 1.29 is 14.6 Å². The molecule has 1 saturated heterocycles. The van der Waals surface area contributed by atoms with Crippen molar-refractivity contribution in [2.45, 2.75) is 6.04 Å². The lowest BCUT2D eigenvalue weighted by Gasteiger charge is -2.35. The van der Waals surface area contributed by atoms with E-state index in [1.165, 1.54) is 0 Å². The van der Waals surface area contributed by atoms with Crippen molar-refractivity contribution in [2.24, 2.45) is 0 Å². The third-order valence-electron chi connectivity index (χ3n) is 6.74. The first kappa shape index (κ1) is 28.2. The van der Waals surface area contributed by atoms with Crippen molar-refractivity contribution >= 4 is 17.5 Å². The molecule has 1 atom stereocenters. The number of hydrogen-bond donors (Lipinski definition) is 4. The van der Waals surface area contributed by atoms with Gasteiger partial charge in [-0.1, -0.05) is 54.6 Å². The Hall–Kier alpha value is -4.29. The molecule has 0 saturated carbocycles. The van der Waals surface area contributed by atoms with Crippen LogP contribution in [0.4, 0.5) is 11.6 Å². The summed E-state index contributed by atoms with van der Waals surface area (Å²) in [5.74, 6) is 0.968. The first-order valence-electron chi connectivity index (χ1n) is 13.7. The Balaban J connectivity index is 1.16. The summed E-state index contributed by atoms with van der Waals surface area (Å²) in [4.78, 5) is 15.0. The van der Waals surface area contributed by atoms with Crippen LogP contribution in [0.5, 0.6) is 0 Å². The number of morpholine rings is 1. The van der Waals surface area contributed by atoms with Crippen molar-refractivity contribution in [3.8, 4) is 22.5 Å². The van der Waals surface area contributed by atoms with Crippen LogP contribution in [0.1, 0.15) is 11.6 Å². The van der Waals surface area contributed by atoms with Crippen molar-refractivity contribution in [1.29, 1.82) is 0 Å². The molecular formula is C30H34N8O3. The zero-order valence-electron chi connectivity index (χ0n) is 22.7. The number of aromatic nitrogens is 4. The number of aliphatic hydroxyl groups excluding tert-OH is 1.